The maximum absolute atomic E-state index is 13.0. The Kier molecular flexibility index (Phi) is 5.80. The van der Waals surface area contributed by atoms with Crippen LogP contribution >= 0.6 is 22.9 Å². The zero-order valence-electron chi connectivity index (χ0n) is 16.1. The molecular formula is C19H18ClN5O4S. The second-order valence-corrected chi connectivity index (χ2v) is 8.10. The minimum Gasteiger partial charge on any atom is -0.494 e. The molecule has 0 atom stereocenters. The lowest BCUT2D eigenvalue weighted by Gasteiger charge is -2.30. The van der Waals surface area contributed by atoms with Gasteiger partial charge < -0.3 is 14.6 Å². The fraction of sp³-hybridized carbons (Fsp3) is 0.316. The van der Waals surface area contributed by atoms with Gasteiger partial charge in [-0.1, -0.05) is 16.7 Å². The lowest BCUT2D eigenvalue weighted by atomic mass is 9.92. The highest BCUT2D eigenvalue weighted by Gasteiger charge is 2.30. The van der Waals surface area contributed by atoms with Crippen molar-refractivity contribution in [2.24, 2.45) is 0 Å². The van der Waals surface area contributed by atoms with E-state index in [1.807, 2.05) is 6.92 Å². The van der Waals surface area contributed by atoms with Crippen molar-refractivity contribution in [3.05, 3.63) is 40.9 Å². The first-order valence-electron chi connectivity index (χ1n) is 9.09. The van der Waals surface area contributed by atoms with Crippen LogP contribution in [0, 0.1) is 6.92 Å². The molecule has 3 aromatic rings. The van der Waals surface area contributed by atoms with Gasteiger partial charge >= 0.3 is 0 Å². The third kappa shape index (κ3) is 4.35. The molecule has 1 aliphatic carbocycles. The molecule has 11 heteroatoms. The van der Waals surface area contributed by atoms with E-state index >= 15 is 0 Å². The van der Waals surface area contributed by atoms with Crippen LogP contribution in [0.25, 0.3) is 11.1 Å². The molecule has 0 aliphatic heterocycles. The minimum atomic E-state index is -0.408. The smallest absolute Gasteiger partial charge is 0.296 e. The van der Waals surface area contributed by atoms with Crippen LogP contribution in [-0.4, -0.2) is 50.5 Å². The van der Waals surface area contributed by atoms with Gasteiger partial charge in [0, 0.05) is 35.9 Å². The minimum absolute atomic E-state index is 0.0756. The number of carbonyl (C=O) groups is 1. The fourth-order valence-corrected chi connectivity index (χ4v) is 3.82. The van der Waals surface area contributed by atoms with E-state index in [0.29, 0.717) is 45.6 Å². The van der Waals surface area contributed by atoms with Crippen molar-refractivity contribution < 1.29 is 19.4 Å². The van der Waals surface area contributed by atoms with Gasteiger partial charge in [-0.15, -0.1) is 5.10 Å². The number of hydrogen-bond donors (Lipinski definition) is 2. The zero-order chi connectivity index (χ0) is 21.3. The van der Waals surface area contributed by atoms with Crippen LogP contribution in [0.3, 0.4) is 0 Å². The molecule has 0 spiro atoms. The molecule has 1 amide bonds. The molecule has 30 heavy (non-hydrogen) atoms. The van der Waals surface area contributed by atoms with Gasteiger partial charge in [-0.2, -0.15) is 0 Å². The van der Waals surface area contributed by atoms with E-state index in [9.17, 15) is 9.90 Å². The van der Waals surface area contributed by atoms with E-state index in [-0.39, 0.29) is 17.4 Å². The fourth-order valence-electron chi connectivity index (χ4n) is 3.00. The summed E-state index contributed by atoms with van der Waals surface area (Å²) in [5.74, 6) is 0.0718. The Morgan fingerprint density at radius 3 is 2.77 bits per heavy atom. The molecule has 1 saturated carbocycles. The Balaban J connectivity index is 1.58. The second kappa shape index (κ2) is 8.50. The predicted molar refractivity (Wildman–Crippen MR) is 111 cm³/mol. The predicted octanol–water partition coefficient (Wildman–Crippen LogP) is 3.12. The van der Waals surface area contributed by atoms with E-state index in [1.54, 1.807) is 12.1 Å². The number of aryl methyl sites for hydroxylation is 1. The Morgan fingerprint density at radius 1 is 1.23 bits per heavy atom. The summed E-state index contributed by atoms with van der Waals surface area (Å²) in [6.45, 7) is 1.83. The van der Waals surface area contributed by atoms with Crippen molar-refractivity contribution in [3.8, 4) is 22.1 Å². The van der Waals surface area contributed by atoms with Crippen molar-refractivity contribution in [1.29, 1.82) is 0 Å². The van der Waals surface area contributed by atoms with E-state index in [2.05, 4.69) is 25.5 Å². The van der Waals surface area contributed by atoms with Crippen LogP contribution in [0.4, 0.5) is 5.13 Å². The summed E-state index contributed by atoms with van der Waals surface area (Å²) < 4.78 is 11.0. The number of carbonyl (C=O) groups excluding carboxylic acids is 1. The number of halogens is 1. The molecular weight excluding hydrogens is 430 g/mol. The maximum atomic E-state index is 13.0. The van der Waals surface area contributed by atoms with Gasteiger partial charge in [-0.05, 0) is 30.4 Å². The van der Waals surface area contributed by atoms with Crippen LogP contribution in [0.5, 0.6) is 10.9 Å². The third-order valence-electron chi connectivity index (χ3n) is 4.59. The Labute approximate surface area is 181 Å². The molecule has 0 unspecified atom stereocenters. The summed E-state index contributed by atoms with van der Waals surface area (Å²) in [6, 6.07) is 3.41. The Bertz CT molecular complexity index is 1090. The Morgan fingerprint density at radius 2 is 2.03 bits per heavy atom. The van der Waals surface area contributed by atoms with E-state index in [0.717, 1.165) is 17.0 Å². The number of anilines is 1. The number of pyridine rings is 2. The van der Waals surface area contributed by atoms with E-state index < -0.39 is 5.91 Å². The summed E-state index contributed by atoms with van der Waals surface area (Å²) in [6.07, 6.45) is 3.72. The normalized spacial score (nSPS) is 17.9. The average molecular weight is 448 g/mol. The first kappa shape index (κ1) is 20.5. The molecule has 3 aromatic heterocycles. The number of amides is 1. The Hall–Kier alpha value is -2.82. The van der Waals surface area contributed by atoms with Gasteiger partial charge in [0.1, 0.15) is 17.0 Å². The highest BCUT2D eigenvalue weighted by atomic mass is 35.5. The van der Waals surface area contributed by atoms with Gasteiger partial charge in [0.05, 0.1) is 25.0 Å². The lowest BCUT2D eigenvalue weighted by molar-refractivity contribution is -0.0111. The average Bonchev–Trinajstić information content (AvgIpc) is 3.13. The molecule has 0 aromatic carbocycles. The molecule has 3 heterocycles. The van der Waals surface area contributed by atoms with Crippen molar-refractivity contribution in [2.45, 2.75) is 32.0 Å². The number of rotatable bonds is 6. The van der Waals surface area contributed by atoms with Gasteiger partial charge in [-0.3, -0.25) is 15.1 Å². The van der Waals surface area contributed by atoms with Crippen molar-refractivity contribution in [2.75, 3.05) is 12.4 Å². The summed E-state index contributed by atoms with van der Waals surface area (Å²) in [5, 5.41) is 20.9. The van der Waals surface area contributed by atoms with Crippen LogP contribution in [0.15, 0.2) is 24.5 Å². The SMILES string of the molecule is COc1cnc(Cl)cc1-c1cc(C)ncc1C(=O)Nc1nnc(OC2CC(O)C2)s1. The first-order valence-corrected chi connectivity index (χ1v) is 10.3. The topological polar surface area (TPSA) is 119 Å². The largest absolute Gasteiger partial charge is 0.494 e. The van der Waals surface area contributed by atoms with Crippen LogP contribution < -0.4 is 14.8 Å². The number of hydrogen-bond acceptors (Lipinski definition) is 9. The van der Waals surface area contributed by atoms with Gasteiger partial charge in [0.2, 0.25) is 5.13 Å². The molecule has 0 radical (unpaired) electrons. The highest BCUT2D eigenvalue weighted by Crippen LogP contribution is 2.35. The summed E-state index contributed by atoms with van der Waals surface area (Å²) >= 11 is 7.18. The van der Waals surface area contributed by atoms with E-state index in [4.69, 9.17) is 21.1 Å². The number of methoxy groups -OCH3 is 1. The van der Waals surface area contributed by atoms with Gasteiger partial charge in [-0.25, -0.2) is 4.98 Å². The van der Waals surface area contributed by atoms with Crippen LogP contribution in [0.2, 0.25) is 5.15 Å². The molecule has 9 nitrogen and oxygen atoms in total. The van der Waals surface area contributed by atoms with Crippen molar-refractivity contribution >= 4 is 34.0 Å². The number of nitrogens with one attached hydrogen (secondary N) is 1. The van der Waals surface area contributed by atoms with Gasteiger partial charge in [0.15, 0.2) is 0 Å². The summed E-state index contributed by atoms with van der Waals surface area (Å²) in [7, 11) is 1.52. The number of aliphatic hydroxyl groups is 1. The highest BCUT2D eigenvalue weighted by molar-refractivity contribution is 7.17. The molecule has 4 rings (SSSR count). The van der Waals surface area contributed by atoms with E-state index in [1.165, 1.54) is 19.5 Å². The van der Waals surface area contributed by atoms with Crippen LogP contribution in [-0.2, 0) is 0 Å². The molecule has 2 N–H and O–H groups in total. The monoisotopic (exact) mass is 447 g/mol. The van der Waals surface area contributed by atoms with Crippen LogP contribution in [0.1, 0.15) is 28.9 Å². The first-order chi connectivity index (χ1) is 14.4. The molecule has 0 bridgehead atoms. The molecule has 156 valence electrons. The standard InChI is InChI=1S/C19H18ClN5O4S/c1-9-3-12(13-6-16(20)22-8-15(13)28-2)14(7-21-9)17(27)23-18-24-25-19(30-18)29-11-4-10(26)5-11/h3,6-8,10-11,26H,4-5H2,1-2H3,(H,23,24,27). The maximum Gasteiger partial charge on any atom is 0.296 e. The van der Waals surface area contributed by atoms with Crippen molar-refractivity contribution in [3.63, 3.8) is 0 Å². The molecule has 1 aliphatic rings. The summed E-state index contributed by atoms with van der Waals surface area (Å²) in [5.41, 5.74) is 2.27. The quantitative estimate of drug-likeness (QED) is 0.553. The second-order valence-electron chi connectivity index (χ2n) is 6.77. The number of aliphatic hydroxyl groups excluding tert-OH is 1. The van der Waals surface area contributed by atoms with Crippen molar-refractivity contribution in [1.82, 2.24) is 20.2 Å². The molecule has 1 fully saturated rings. The third-order valence-corrected chi connectivity index (χ3v) is 5.53. The number of ether oxygens (including phenoxy) is 2. The zero-order valence-corrected chi connectivity index (χ0v) is 17.7. The number of aromatic nitrogens is 4. The number of nitrogens with zero attached hydrogens (tertiary/aromatic N) is 4. The lowest BCUT2D eigenvalue weighted by Crippen LogP contribution is -2.37. The summed E-state index contributed by atoms with van der Waals surface area (Å²) in [4.78, 5) is 21.2. The van der Waals surface area contributed by atoms with Gasteiger partial charge in [0.25, 0.3) is 11.1 Å². The molecule has 0 saturated heterocycles.